The number of carbonyl (C=O) groups is 2. The lowest BCUT2D eigenvalue weighted by Crippen LogP contribution is -2.52. The number of nitrogens with zero attached hydrogens (tertiary/aromatic N) is 3. The largest absolute Gasteiger partial charge is 0.295 e. The molecule has 2 aliphatic rings. The van der Waals surface area contributed by atoms with Crippen molar-refractivity contribution in [1.29, 1.82) is 0 Å². The maximum absolute atomic E-state index is 14.1. The van der Waals surface area contributed by atoms with Gasteiger partial charge in [0, 0.05) is 25.6 Å². The van der Waals surface area contributed by atoms with Crippen molar-refractivity contribution in [1.82, 2.24) is 15.1 Å². The van der Waals surface area contributed by atoms with Crippen LogP contribution in [0.5, 0.6) is 0 Å². The molecule has 5 rings (SSSR count). The second-order valence-corrected chi connectivity index (χ2v) is 9.97. The Balaban J connectivity index is 1.52. The minimum atomic E-state index is -0.500. The maximum Gasteiger partial charge on any atom is 0.251 e. The van der Waals surface area contributed by atoms with Crippen molar-refractivity contribution in [3.63, 3.8) is 0 Å². The molecule has 34 heavy (non-hydrogen) atoms. The van der Waals surface area contributed by atoms with Gasteiger partial charge in [-0.3, -0.25) is 14.4 Å². The summed E-state index contributed by atoms with van der Waals surface area (Å²) in [6.45, 7) is 6.43. The minimum Gasteiger partial charge on any atom is -0.295 e. The van der Waals surface area contributed by atoms with Crippen LogP contribution >= 0.6 is 0 Å². The Hall–Kier alpha value is -3.06. The summed E-state index contributed by atoms with van der Waals surface area (Å²) in [5.74, 6) is -0.870. The van der Waals surface area contributed by atoms with E-state index in [1.165, 1.54) is 5.01 Å². The van der Waals surface area contributed by atoms with Crippen molar-refractivity contribution >= 4 is 22.6 Å². The first-order valence-corrected chi connectivity index (χ1v) is 11.8. The lowest BCUT2D eigenvalue weighted by Gasteiger charge is -2.37. The van der Waals surface area contributed by atoms with E-state index in [4.69, 9.17) is 4.84 Å². The SMILES string of the molecule is C[C@@H]1ON(C)[C@@H](c2ccccc2)[C@H]1C(=O)N1C(=O)CC(C)(C)N1Cc1cccc2ccccc12. The van der Waals surface area contributed by atoms with Crippen LogP contribution < -0.4 is 0 Å². The minimum absolute atomic E-state index is 0.163. The molecule has 0 spiro atoms. The summed E-state index contributed by atoms with van der Waals surface area (Å²) in [6, 6.07) is 24.0. The zero-order valence-corrected chi connectivity index (χ0v) is 20.1. The van der Waals surface area contributed by atoms with Gasteiger partial charge in [0.1, 0.15) is 0 Å². The molecule has 2 fully saturated rings. The molecule has 2 aliphatic heterocycles. The van der Waals surface area contributed by atoms with Crippen molar-refractivity contribution in [3.8, 4) is 0 Å². The lowest BCUT2D eigenvalue weighted by atomic mass is 9.89. The number of hydroxylamine groups is 2. The van der Waals surface area contributed by atoms with Crippen LogP contribution in [0.4, 0.5) is 0 Å². The topological polar surface area (TPSA) is 53.1 Å². The molecular weight excluding hydrogens is 426 g/mol. The summed E-state index contributed by atoms with van der Waals surface area (Å²) in [6.07, 6.45) is -0.0595. The summed E-state index contributed by atoms with van der Waals surface area (Å²) in [7, 11) is 1.85. The number of carbonyl (C=O) groups excluding carboxylic acids is 2. The van der Waals surface area contributed by atoms with E-state index in [2.05, 4.69) is 24.3 Å². The highest BCUT2D eigenvalue weighted by molar-refractivity contribution is 5.98. The van der Waals surface area contributed by atoms with E-state index in [9.17, 15) is 9.59 Å². The van der Waals surface area contributed by atoms with Crippen LogP contribution in [0.1, 0.15) is 44.4 Å². The maximum atomic E-state index is 14.1. The zero-order chi connectivity index (χ0) is 24.0. The number of amides is 2. The normalized spacial score (nSPS) is 25.4. The van der Waals surface area contributed by atoms with E-state index in [0.29, 0.717) is 6.54 Å². The Morgan fingerprint density at radius 2 is 1.68 bits per heavy atom. The average Bonchev–Trinajstić information content (AvgIpc) is 3.24. The fourth-order valence-electron chi connectivity index (χ4n) is 5.48. The first-order valence-electron chi connectivity index (χ1n) is 11.8. The van der Waals surface area contributed by atoms with E-state index in [1.807, 2.05) is 81.4 Å². The third-order valence-corrected chi connectivity index (χ3v) is 7.17. The van der Waals surface area contributed by atoms with Gasteiger partial charge in [-0.1, -0.05) is 72.8 Å². The van der Waals surface area contributed by atoms with Crippen LogP contribution in [0, 0.1) is 5.92 Å². The molecule has 3 atom stereocenters. The molecule has 2 saturated heterocycles. The first kappa shape index (κ1) is 22.7. The van der Waals surface area contributed by atoms with Gasteiger partial charge in [0.05, 0.1) is 18.1 Å². The Bertz CT molecular complexity index is 1220. The van der Waals surface area contributed by atoms with E-state index in [1.54, 1.807) is 5.06 Å². The molecule has 3 aromatic rings. The summed E-state index contributed by atoms with van der Waals surface area (Å²) in [5.41, 5.74) is 1.60. The van der Waals surface area contributed by atoms with E-state index in [0.717, 1.165) is 21.9 Å². The number of hydrogen-bond donors (Lipinski definition) is 0. The predicted octanol–water partition coefficient (Wildman–Crippen LogP) is 4.72. The van der Waals surface area contributed by atoms with Gasteiger partial charge in [0.2, 0.25) is 5.91 Å². The molecule has 0 saturated carbocycles. The third kappa shape index (κ3) is 3.82. The Morgan fingerprint density at radius 1 is 1.00 bits per heavy atom. The van der Waals surface area contributed by atoms with Crippen LogP contribution in [0.25, 0.3) is 10.8 Å². The lowest BCUT2D eigenvalue weighted by molar-refractivity contribution is -0.166. The van der Waals surface area contributed by atoms with Gasteiger partial charge in [0.25, 0.3) is 5.91 Å². The standard InChI is InChI=1S/C28H31N3O3/c1-19-25(26(29(4)34-19)21-12-6-5-7-13-21)27(33)31-24(32)17-28(2,3)30(31)18-22-15-10-14-20-11-8-9-16-23(20)22/h5-16,19,25-26H,17-18H2,1-4H3/t19-,25-,26-/m0/s1. The quantitative estimate of drug-likeness (QED) is 0.531. The number of hydrogen-bond acceptors (Lipinski definition) is 5. The highest BCUT2D eigenvalue weighted by atomic mass is 16.7. The van der Waals surface area contributed by atoms with Crippen molar-refractivity contribution < 1.29 is 14.4 Å². The smallest absolute Gasteiger partial charge is 0.251 e. The average molecular weight is 458 g/mol. The summed E-state index contributed by atoms with van der Waals surface area (Å²) in [4.78, 5) is 33.4. The Morgan fingerprint density at radius 3 is 2.44 bits per heavy atom. The second-order valence-electron chi connectivity index (χ2n) is 9.97. The number of imide groups is 1. The van der Waals surface area contributed by atoms with Crippen molar-refractivity contribution in [2.75, 3.05) is 7.05 Å². The predicted molar refractivity (Wildman–Crippen MR) is 131 cm³/mol. The molecule has 0 aliphatic carbocycles. The highest BCUT2D eigenvalue weighted by Crippen LogP contribution is 2.42. The number of hydrazine groups is 1. The van der Waals surface area contributed by atoms with Crippen LogP contribution in [-0.4, -0.2) is 45.6 Å². The van der Waals surface area contributed by atoms with Crippen molar-refractivity contribution in [2.24, 2.45) is 5.92 Å². The highest BCUT2D eigenvalue weighted by Gasteiger charge is 2.53. The van der Waals surface area contributed by atoms with Crippen LogP contribution in [0.2, 0.25) is 0 Å². The molecule has 6 heteroatoms. The van der Waals surface area contributed by atoms with E-state index >= 15 is 0 Å². The molecule has 2 amide bonds. The fraction of sp³-hybridized carbons (Fsp3) is 0.357. The molecule has 2 heterocycles. The van der Waals surface area contributed by atoms with Gasteiger partial charge in [-0.15, -0.1) is 0 Å². The van der Waals surface area contributed by atoms with E-state index in [-0.39, 0.29) is 30.4 Å². The second kappa shape index (κ2) is 8.62. The van der Waals surface area contributed by atoms with Gasteiger partial charge < -0.3 is 0 Å². The van der Waals surface area contributed by atoms with Crippen LogP contribution in [0.15, 0.2) is 72.8 Å². The summed E-state index contributed by atoms with van der Waals surface area (Å²) < 4.78 is 0. The van der Waals surface area contributed by atoms with Gasteiger partial charge in [-0.2, -0.15) is 5.06 Å². The zero-order valence-electron chi connectivity index (χ0n) is 20.1. The van der Waals surface area contributed by atoms with Gasteiger partial charge in [-0.05, 0) is 42.7 Å². The van der Waals surface area contributed by atoms with Crippen LogP contribution in [0.3, 0.4) is 0 Å². The third-order valence-electron chi connectivity index (χ3n) is 7.17. The number of rotatable bonds is 4. The molecular formula is C28H31N3O3. The molecule has 176 valence electrons. The number of benzene rings is 3. The molecule has 0 unspecified atom stereocenters. The Kier molecular flexibility index (Phi) is 5.76. The van der Waals surface area contributed by atoms with Crippen LogP contribution in [-0.2, 0) is 21.0 Å². The van der Waals surface area contributed by atoms with Gasteiger partial charge in [0.15, 0.2) is 0 Å². The molecule has 0 radical (unpaired) electrons. The number of fused-ring (bicyclic) bond motifs is 1. The molecule has 0 bridgehead atoms. The molecule has 0 aromatic heterocycles. The fourth-order valence-corrected chi connectivity index (χ4v) is 5.48. The van der Waals surface area contributed by atoms with Crippen molar-refractivity contribution in [2.45, 2.75) is 51.4 Å². The molecule has 6 nitrogen and oxygen atoms in total. The van der Waals surface area contributed by atoms with E-state index < -0.39 is 11.5 Å². The summed E-state index contributed by atoms with van der Waals surface area (Å²) >= 11 is 0. The van der Waals surface area contributed by atoms with Crippen molar-refractivity contribution in [3.05, 3.63) is 83.9 Å². The monoisotopic (exact) mass is 457 g/mol. The summed E-state index contributed by atoms with van der Waals surface area (Å²) in [5, 5.41) is 7.38. The molecule has 0 N–H and O–H groups in total. The first-order chi connectivity index (χ1) is 16.3. The molecule has 3 aromatic carbocycles. The Labute approximate surface area is 200 Å². The van der Waals surface area contributed by atoms with Gasteiger partial charge in [-0.25, -0.2) is 10.0 Å². The van der Waals surface area contributed by atoms with Gasteiger partial charge >= 0.3 is 0 Å².